The number of aromatic nitrogens is 2. The van der Waals surface area contributed by atoms with Gasteiger partial charge < -0.3 is 10.0 Å². The molecule has 5 nitrogen and oxygen atoms in total. The van der Waals surface area contributed by atoms with Gasteiger partial charge >= 0.3 is 12.1 Å². The van der Waals surface area contributed by atoms with Gasteiger partial charge in [0.25, 0.3) is 0 Å². The summed E-state index contributed by atoms with van der Waals surface area (Å²) in [5.41, 5.74) is 0. The van der Waals surface area contributed by atoms with Gasteiger partial charge in [0, 0.05) is 31.0 Å². The molecule has 0 radical (unpaired) electrons. The zero-order valence-electron chi connectivity index (χ0n) is 9.85. The molecule has 2 rings (SSSR count). The van der Waals surface area contributed by atoms with Crippen LogP contribution in [0.15, 0.2) is 0 Å². The highest BCUT2D eigenvalue weighted by Crippen LogP contribution is 2.32. The minimum absolute atomic E-state index is 0.0857. The second kappa shape index (κ2) is 5.32. The molecule has 106 valence electrons. The first-order chi connectivity index (χ1) is 8.86. The number of carbonyl (C=O) groups is 1. The van der Waals surface area contributed by atoms with Crippen molar-refractivity contribution >= 4 is 22.6 Å². The van der Waals surface area contributed by atoms with Crippen molar-refractivity contribution in [2.24, 2.45) is 5.92 Å². The van der Waals surface area contributed by atoms with Crippen molar-refractivity contribution in [3.8, 4) is 0 Å². The molecule has 2 heterocycles. The molecule has 9 heteroatoms. The molecule has 1 aliphatic rings. The number of nitrogens with zero attached hydrogens (tertiary/aromatic N) is 3. The summed E-state index contributed by atoms with van der Waals surface area (Å²) in [6, 6.07) is 0. The Morgan fingerprint density at radius 3 is 2.84 bits per heavy atom. The van der Waals surface area contributed by atoms with E-state index in [9.17, 15) is 18.0 Å². The van der Waals surface area contributed by atoms with E-state index >= 15 is 0 Å². The van der Waals surface area contributed by atoms with Gasteiger partial charge in [0.05, 0.1) is 0 Å². The molecular formula is C10H12F3N3O2S. The zero-order valence-corrected chi connectivity index (χ0v) is 10.7. The molecule has 0 aromatic carbocycles. The minimum atomic E-state index is -4.52. The van der Waals surface area contributed by atoms with Crippen molar-refractivity contribution in [1.29, 1.82) is 0 Å². The van der Waals surface area contributed by atoms with Crippen molar-refractivity contribution in [1.82, 2.24) is 9.36 Å². The van der Waals surface area contributed by atoms with Gasteiger partial charge in [0.15, 0.2) is 0 Å². The van der Waals surface area contributed by atoms with Gasteiger partial charge in [-0.15, -0.1) is 0 Å². The van der Waals surface area contributed by atoms with Crippen molar-refractivity contribution in [3.63, 3.8) is 0 Å². The predicted molar refractivity (Wildman–Crippen MR) is 62.1 cm³/mol. The van der Waals surface area contributed by atoms with Gasteiger partial charge in [0.1, 0.15) is 0 Å². The normalized spacial score (nSPS) is 19.9. The lowest BCUT2D eigenvalue weighted by Gasteiger charge is -2.13. The number of carboxylic acids is 1. The molecule has 1 fully saturated rings. The van der Waals surface area contributed by atoms with Crippen LogP contribution in [0.4, 0.5) is 18.3 Å². The fraction of sp³-hybridized carbons (Fsp3) is 0.700. The van der Waals surface area contributed by atoms with Crippen molar-refractivity contribution in [2.45, 2.75) is 25.4 Å². The van der Waals surface area contributed by atoms with E-state index in [1.807, 2.05) is 0 Å². The fourth-order valence-corrected chi connectivity index (χ4v) is 2.75. The van der Waals surface area contributed by atoms with Crippen LogP contribution in [-0.2, 0) is 11.0 Å². The van der Waals surface area contributed by atoms with E-state index in [1.54, 1.807) is 4.90 Å². The molecule has 19 heavy (non-hydrogen) atoms. The maximum absolute atomic E-state index is 12.4. The Labute approximate surface area is 111 Å². The van der Waals surface area contributed by atoms with E-state index < -0.39 is 18.0 Å². The molecule has 1 N–H and O–H groups in total. The van der Waals surface area contributed by atoms with E-state index in [0.29, 0.717) is 19.5 Å². The molecule has 1 aromatic heterocycles. The van der Waals surface area contributed by atoms with E-state index in [2.05, 4.69) is 9.36 Å². The first-order valence-electron chi connectivity index (χ1n) is 5.74. The van der Waals surface area contributed by atoms with Crippen LogP contribution in [0.3, 0.4) is 0 Å². The van der Waals surface area contributed by atoms with E-state index in [0.717, 1.165) is 18.0 Å². The molecule has 1 unspecified atom stereocenters. The van der Waals surface area contributed by atoms with Gasteiger partial charge in [-0.2, -0.15) is 22.5 Å². The number of hydrogen-bond donors (Lipinski definition) is 1. The lowest BCUT2D eigenvalue weighted by molar-refractivity contribution is -0.144. The monoisotopic (exact) mass is 295 g/mol. The first kappa shape index (κ1) is 14.0. The van der Waals surface area contributed by atoms with Gasteiger partial charge in [-0.3, -0.25) is 4.79 Å². The molecule has 0 spiro atoms. The van der Waals surface area contributed by atoms with Crippen LogP contribution in [0.25, 0.3) is 0 Å². The van der Waals surface area contributed by atoms with Crippen LogP contribution >= 0.6 is 11.5 Å². The number of hydrogen-bond acceptors (Lipinski definition) is 5. The van der Waals surface area contributed by atoms with Crippen LogP contribution in [0.1, 0.15) is 25.1 Å². The topological polar surface area (TPSA) is 66.3 Å². The molecule has 1 atom stereocenters. The van der Waals surface area contributed by atoms with Gasteiger partial charge in [0.2, 0.25) is 11.0 Å². The quantitative estimate of drug-likeness (QED) is 0.923. The average molecular weight is 295 g/mol. The Hall–Kier alpha value is -1.38. The summed E-state index contributed by atoms with van der Waals surface area (Å²) in [5.74, 6) is -1.77. The van der Waals surface area contributed by atoms with E-state index in [-0.39, 0.29) is 17.5 Å². The smallest absolute Gasteiger partial charge is 0.452 e. The van der Waals surface area contributed by atoms with Crippen molar-refractivity contribution < 1.29 is 23.1 Å². The number of aliphatic carboxylic acids is 1. The molecule has 0 saturated carbocycles. The average Bonchev–Trinajstić information content (AvgIpc) is 2.94. The molecule has 0 amide bonds. The molecule has 1 aliphatic heterocycles. The predicted octanol–water partition coefficient (Wildman–Crippen LogP) is 2.25. The molecule has 1 saturated heterocycles. The first-order valence-corrected chi connectivity index (χ1v) is 6.51. The highest BCUT2D eigenvalue weighted by molar-refractivity contribution is 7.09. The second-order valence-corrected chi connectivity index (χ2v) is 5.16. The molecule has 0 bridgehead atoms. The lowest BCUT2D eigenvalue weighted by atomic mass is 10.0. The third kappa shape index (κ3) is 3.55. The summed E-state index contributed by atoms with van der Waals surface area (Å²) in [5, 5.41) is 8.85. The third-order valence-electron chi connectivity index (χ3n) is 2.99. The van der Waals surface area contributed by atoms with Crippen LogP contribution < -0.4 is 4.90 Å². The van der Waals surface area contributed by atoms with Gasteiger partial charge in [-0.1, -0.05) is 0 Å². The SMILES string of the molecule is O=C(O)CCC1CCN(c2nc(C(F)(F)F)ns2)C1. The molecular weight excluding hydrogens is 283 g/mol. The van der Waals surface area contributed by atoms with Crippen molar-refractivity contribution in [2.75, 3.05) is 18.0 Å². The van der Waals surface area contributed by atoms with Crippen LogP contribution in [-0.4, -0.2) is 33.5 Å². The second-order valence-electron chi connectivity index (χ2n) is 4.43. The lowest BCUT2D eigenvalue weighted by Crippen LogP contribution is -2.20. The largest absolute Gasteiger partial charge is 0.481 e. The summed E-state index contributed by atoms with van der Waals surface area (Å²) < 4.78 is 40.4. The Morgan fingerprint density at radius 2 is 2.26 bits per heavy atom. The highest BCUT2D eigenvalue weighted by Gasteiger charge is 2.37. The van der Waals surface area contributed by atoms with Crippen LogP contribution in [0.5, 0.6) is 0 Å². The van der Waals surface area contributed by atoms with Crippen LogP contribution in [0, 0.1) is 5.92 Å². The summed E-state index contributed by atoms with van der Waals surface area (Å²) in [7, 11) is 0. The maximum Gasteiger partial charge on any atom is 0.452 e. The zero-order chi connectivity index (χ0) is 14.0. The minimum Gasteiger partial charge on any atom is -0.481 e. The standard InChI is InChI=1S/C10H12F3N3O2S/c11-10(12,13)8-14-9(19-15-8)16-4-3-6(5-16)1-2-7(17)18/h6H,1-5H2,(H,17,18). The summed E-state index contributed by atoms with van der Waals surface area (Å²) in [6.45, 7) is 1.14. The number of alkyl halides is 3. The fourth-order valence-electron chi connectivity index (χ4n) is 2.03. The van der Waals surface area contributed by atoms with E-state index in [4.69, 9.17) is 5.11 Å². The summed E-state index contributed by atoms with van der Waals surface area (Å²) in [4.78, 5) is 15.7. The Kier molecular flexibility index (Phi) is 3.93. The highest BCUT2D eigenvalue weighted by atomic mass is 32.1. The van der Waals surface area contributed by atoms with Gasteiger partial charge in [-0.05, 0) is 18.8 Å². The number of anilines is 1. The van der Waals surface area contributed by atoms with Crippen LogP contribution in [0.2, 0.25) is 0 Å². The Balaban J connectivity index is 1.93. The Bertz CT molecular complexity index is 463. The summed E-state index contributed by atoms with van der Waals surface area (Å²) in [6.07, 6.45) is -3.12. The Morgan fingerprint density at radius 1 is 1.53 bits per heavy atom. The van der Waals surface area contributed by atoms with E-state index in [1.165, 1.54) is 0 Å². The van der Waals surface area contributed by atoms with Crippen molar-refractivity contribution in [3.05, 3.63) is 5.82 Å². The summed E-state index contributed by atoms with van der Waals surface area (Å²) >= 11 is 0.729. The molecule has 1 aromatic rings. The molecule has 0 aliphatic carbocycles. The number of halogens is 3. The number of carboxylic acid groups (broad SMARTS) is 1. The van der Waals surface area contributed by atoms with Gasteiger partial charge in [-0.25, -0.2) is 0 Å². The maximum atomic E-state index is 12.4. The third-order valence-corrected chi connectivity index (χ3v) is 3.77. The number of rotatable bonds is 4.